The van der Waals surface area contributed by atoms with E-state index < -0.39 is 0 Å². The summed E-state index contributed by atoms with van der Waals surface area (Å²) in [5.74, 6) is -0.513. The zero-order valence-electron chi connectivity index (χ0n) is 19.7. The average molecular weight is 451 g/mol. The minimum Gasteiger partial charge on any atom is -0.318 e. The number of nitrogens with one attached hydrogen (secondary N) is 1. The van der Waals surface area contributed by atoms with Crippen LogP contribution < -0.4 is 10.3 Å². The van der Waals surface area contributed by atoms with E-state index in [0.717, 1.165) is 39.1 Å². The van der Waals surface area contributed by atoms with Crippen LogP contribution in [0.4, 0.5) is 5.69 Å². The lowest BCUT2D eigenvalue weighted by molar-refractivity contribution is -0.119. The number of hydrazone groups is 1. The summed E-state index contributed by atoms with van der Waals surface area (Å²) in [5, 5.41) is 6.06. The van der Waals surface area contributed by atoms with E-state index in [9.17, 15) is 9.59 Å². The van der Waals surface area contributed by atoms with Gasteiger partial charge in [-0.15, -0.1) is 0 Å². The van der Waals surface area contributed by atoms with Crippen molar-refractivity contribution >= 4 is 34.5 Å². The highest BCUT2D eigenvalue weighted by molar-refractivity contribution is 6.26. The van der Waals surface area contributed by atoms with Crippen LogP contribution in [-0.2, 0) is 4.79 Å². The van der Waals surface area contributed by atoms with Crippen LogP contribution in [-0.4, -0.2) is 29.1 Å². The van der Waals surface area contributed by atoms with Crippen molar-refractivity contribution in [3.63, 3.8) is 0 Å². The van der Waals surface area contributed by atoms with E-state index in [0.29, 0.717) is 5.56 Å². The molecular weight excluding hydrogens is 424 g/mol. The minimum absolute atomic E-state index is 0.0918. The maximum absolute atomic E-state index is 12.9. The van der Waals surface area contributed by atoms with Gasteiger partial charge in [0.05, 0.1) is 11.9 Å². The Bertz CT molecular complexity index is 1490. The fourth-order valence-corrected chi connectivity index (χ4v) is 4.74. The molecule has 1 aliphatic heterocycles. The van der Waals surface area contributed by atoms with Crippen molar-refractivity contribution in [1.82, 2.24) is 9.99 Å². The Morgan fingerprint density at radius 2 is 1.74 bits per heavy atom. The van der Waals surface area contributed by atoms with Crippen LogP contribution in [0.3, 0.4) is 0 Å². The van der Waals surface area contributed by atoms with Gasteiger partial charge in [0.2, 0.25) is 0 Å². The molecule has 0 bridgehead atoms. The molecule has 2 amide bonds. The maximum atomic E-state index is 12.9. The summed E-state index contributed by atoms with van der Waals surface area (Å²) < 4.78 is 2.20. The fourth-order valence-electron chi connectivity index (χ4n) is 4.74. The number of carbonyl (C=O) groups is 2. The summed E-state index contributed by atoms with van der Waals surface area (Å²) >= 11 is 0. The van der Waals surface area contributed by atoms with Crippen LogP contribution in [0.2, 0.25) is 0 Å². The van der Waals surface area contributed by atoms with Crippen molar-refractivity contribution in [3.8, 4) is 5.69 Å². The zero-order chi connectivity index (χ0) is 24.0. The van der Waals surface area contributed by atoms with Crippen molar-refractivity contribution in [2.45, 2.75) is 27.7 Å². The van der Waals surface area contributed by atoms with Gasteiger partial charge in [0, 0.05) is 33.6 Å². The van der Waals surface area contributed by atoms with Crippen molar-refractivity contribution in [3.05, 3.63) is 94.3 Å². The highest BCUT2D eigenvalue weighted by Gasteiger charge is 2.30. The monoisotopic (exact) mass is 450 g/mol. The molecule has 170 valence electrons. The molecule has 2 heterocycles. The first-order valence-electron chi connectivity index (χ1n) is 11.3. The van der Waals surface area contributed by atoms with Gasteiger partial charge < -0.3 is 4.57 Å². The highest BCUT2D eigenvalue weighted by Crippen LogP contribution is 2.36. The minimum atomic E-state index is -0.349. The van der Waals surface area contributed by atoms with E-state index in [1.165, 1.54) is 16.0 Å². The summed E-state index contributed by atoms with van der Waals surface area (Å²) in [4.78, 5) is 27.0. The van der Waals surface area contributed by atoms with E-state index in [-0.39, 0.29) is 18.4 Å². The molecule has 3 aromatic carbocycles. The van der Waals surface area contributed by atoms with Crippen LogP contribution in [0, 0.1) is 27.7 Å². The SMILES string of the molecule is Cc1ccc(C)c(-n2c(C)cc(/C=N\NC(=O)CN3C(=O)c4cccc5cccc3c45)c2C)c1. The van der Waals surface area contributed by atoms with E-state index in [4.69, 9.17) is 0 Å². The number of aryl methyl sites for hydroxylation is 3. The van der Waals surface area contributed by atoms with Crippen molar-refractivity contribution in [2.75, 3.05) is 11.4 Å². The molecule has 0 saturated carbocycles. The van der Waals surface area contributed by atoms with Gasteiger partial charge in [0.15, 0.2) is 0 Å². The summed E-state index contributed by atoms with van der Waals surface area (Å²) in [6, 6.07) is 19.8. The quantitative estimate of drug-likeness (QED) is 0.344. The molecule has 0 unspecified atom stereocenters. The second kappa shape index (κ2) is 8.30. The standard InChI is InChI=1S/C28H26N4O2/c1-17-11-12-18(2)25(13-17)32-19(3)14-22(20(32)4)15-29-30-26(33)16-31-24-10-6-8-21-7-5-9-23(27(21)24)28(31)34/h5-15H,16H2,1-4H3,(H,30,33)/b29-15-. The molecule has 1 N–H and O–H groups in total. The first-order valence-corrected chi connectivity index (χ1v) is 11.3. The van der Waals surface area contributed by atoms with Crippen molar-refractivity contribution in [1.29, 1.82) is 0 Å². The molecule has 6 heteroatoms. The number of rotatable bonds is 5. The van der Waals surface area contributed by atoms with Crippen molar-refractivity contribution < 1.29 is 9.59 Å². The zero-order valence-corrected chi connectivity index (χ0v) is 19.7. The van der Waals surface area contributed by atoms with E-state index >= 15 is 0 Å². The number of aromatic nitrogens is 1. The Labute approximate surface area is 198 Å². The van der Waals surface area contributed by atoms with Crippen LogP contribution in [0.25, 0.3) is 16.5 Å². The lowest BCUT2D eigenvalue weighted by Crippen LogP contribution is -2.37. The summed E-state index contributed by atoms with van der Waals surface area (Å²) in [7, 11) is 0. The van der Waals surface area contributed by atoms with Gasteiger partial charge in [-0.2, -0.15) is 5.10 Å². The number of carbonyl (C=O) groups excluding carboxylic acids is 2. The number of benzene rings is 3. The summed E-state index contributed by atoms with van der Waals surface area (Å²) in [5.41, 5.74) is 10.6. The number of hydrogen-bond donors (Lipinski definition) is 1. The lowest BCUT2D eigenvalue weighted by atomic mass is 10.1. The van der Waals surface area contributed by atoms with Gasteiger partial charge >= 0.3 is 0 Å². The molecule has 6 nitrogen and oxygen atoms in total. The average Bonchev–Trinajstić information content (AvgIpc) is 3.25. The highest BCUT2D eigenvalue weighted by atomic mass is 16.2. The molecule has 1 aromatic heterocycles. The van der Waals surface area contributed by atoms with Crippen LogP contribution in [0.1, 0.15) is 38.4 Å². The first-order chi connectivity index (χ1) is 16.3. The van der Waals surface area contributed by atoms with Crippen LogP contribution in [0.15, 0.2) is 65.8 Å². The second-order valence-corrected chi connectivity index (χ2v) is 8.82. The Morgan fingerprint density at radius 3 is 2.53 bits per heavy atom. The third-order valence-corrected chi connectivity index (χ3v) is 6.42. The fraction of sp³-hybridized carbons (Fsp3) is 0.179. The molecule has 5 rings (SSSR count). The smallest absolute Gasteiger partial charge is 0.260 e. The predicted molar refractivity (Wildman–Crippen MR) is 136 cm³/mol. The second-order valence-electron chi connectivity index (χ2n) is 8.82. The van der Waals surface area contributed by atoms with Gasteiger partial charge in [0.25, 0.3) is 11.8 Å². The van der Waals surface area contributed by atoms with Gasteiger partial charge in [-0.25, -0.2) is 5.43 Å². The largest absolute Gasteiger partial charge is 0.318 e. The Hall–Kier alpha value is -4.19. The third kappa shape index (κ3) is 3.57. The van der Waals surface area contributed by atoms with Crippen molar-refractivity contribution in [2.24, 2.45) is 5.10 Å². The molecular formula is C28H26N4O2. The molecule has 0 saturated heterocycles. The topological polar surface area (TPSA) is 66.7 Å². The third-order valence-electron chi connectivity index (χ3n) is 6.42. The molecule has 0 spiro atoms. The van der Waals surface area contributed by atoms with Gasteiger partial charge in [0.1, 0.15) is 6.54 Å². The lowest BCUT2D eigenvalue weighted by Gasteiger charge is -2.16. The summed E-state index contributed by atoms with van der Waals surface area (Å²) in [6.07, 6.45) is 1.66. The normalized spacial score (nSPS) is 12.8. The van der Waals surface area contributed by atoms with Gasteiger partial charge in [-0.1, -0.05) is 36.4 Å². The van der Waals surface area contributed by atoms with Gasteiger partial charge in [-0.05, 0) is 68.5 Å². The molecule has 0 radical (unpaired) electrons. The molecule has 1 aliphatic rings. The molecule has 0 aliphatic carbocycles. The maximum Gasteiger partial charge on any atom is 0.260 e. The first kappa shape index (κ1) is 21.6. The van der Waals surface area contributed by atoms with Crippen LogP contribution in [0.5, 0.6) is 0 Å². The number of hydrogen-bond acceptors (Lipinski definition) is 3. The van der Waals surface area contributed by atoms with E-state index in [1.54, 1.807) is 12.3 Å². The van der Waals surface area contributed by atoms with E-state index in [1.807, 2.05) is 43.3 Å². The van der Waals surface area contributed by atoms with Gasteiger partial charge in [-0.3, -0.25) is 14.5 Å². The Balaban J connectivity index is 1.32. The Morgan fingerprint density at radius 1 is 0.971 bits per heavy atom. The Kier molecular flexibility index (Phi) is 5.28. The predicted octanol–water partition coefficient (Wildman–Crippen LogP) is 4.97. The summed E-state index contributed by atoms with van der Waals surface area (Å²) in [6.45, 7) is 8.19. The number of anilines is 1. The molecule has 4 aromatic rings. The molecule has 34 heavy (non-hydrogen) atoms. The molecule has 0 atom stereocenters. The number of nitrogens with zero attached hydrogens (tertiary/aromatic N) is 3. The van der Waals surface area contributed by atoms with Crippen LogP contribution >= 0.6 is 0 Å². The molecule has 0 fully saturated rings. The van der Waals surface area contributed by atoms with E-state index in [2.05, 4.69) is 54.1 Å². The number of amides is 2.